The van der Waals surface area contributed by atoms with Gasteiger partial charge in [0.05, 0.1) is 13.2 Å². The molecule has 0 spiro atoms. The average molecular weight is 227 g/mol. The van der Waals surface area contributed by atoms with Gasteiger partial charge >= 0.3 is 0 Å². The van der Waals surface area contributed by atoms with Crippen molar-refractivity contribution in [3.8, 4) is 5.75 Å². The number of aliphatic imine (C=N–C) groups is 1. The van der Waals surface area contributed by atoms with Crippen LogP contribution in [0.1, 0.15) is 18.5 Å². The van der Waals surface area contributed by atoms with Crippen LogP contribution >= 0.6 is 0 Å². The van der Waals surface area contributed by atoms with Crippen molar-refractivity contribution in [3.05, 3.63) is 42.0 Å². The third-order valence-corrected chi connectivity index (χ3v) is 2.80. The Morgan fingerprint density at radius 2 is 1.88 bits per heavy atom. The smallest absolute Gasteiger partial charge is 0.235 e. The number of fused-ring (bicyclic) bond motifs is 1. The zero-order valence-corrected chi connectivity index (χ0v) is 9.81. The number of hydrogen-bond donors (Lipinski definition) is 0. The van der Waals surface area contributed by atoms with Gasteiger partial charge in [-0.2, -0.15) is 4.99 Å². The summed E-state index contributed by atoms with van der Waals surface area (Å²) in [5, 5.41) is 2.21. The lowest BCUT2D eigenvalue weighted by molar-refractivity contribution is 0.415. The molecule has 1 atom stereocenters. The SMILES string of the molecule is COc1ccc2cc(C(C)N=C=O)ccc2c1. The number of carbonyl (C=O) groups excluding carboxylic acids is 1. The number of hydrogen-bond acceptors (Lipinski definition) is 3. The van der Waals surface area contributed by atoms with Gasteiger partial charge in [0.1, 0.15) is 5.75 Å². The van der Waals surface area contributed by atoms with E-state index in [4.69, 9.17) is 4.74 Å². The van der Waals surface area contributed by atoms with Gasteiger partial charge in [0.15, 0.2) is 0 Å². The van der Waals surface area contributed by atoms with Gasteiger partial charge in [0.25, 0.3) is 0 Å². The molecule has 0 N–H and O–H groups in total. The van der Waals surface area contributed by atoms with Gasteiger partial charge < -0.3 is 4.74 Å². The molecule has 3 nitrogen and oxygen atoms in total. The molecule has 0 saturated carbocycles. The van der Waals surface area contributed by atoms with Crippen molar-refractivity contribution in [3.63, 3.8) is 0 Å². The second-order valence-corrected chi connectivity index (χ2v) is 3.87. The van der Waals surface area contributed by atoms with Gasteiger partial charge in [-0.3, -0.25) is 0 Å². The Bertz CT molecular complexity index is 586. The van der Waals surface area contributed by atoms with Crippen LogP contribution in [0.25, 0.3) is 10.8 Å². The lowest BCUT2D eigenvalue weighted by atomic mass is 10.0. The molecule has 0 fully saturated rings. The van der Waals surface area contributed by atoms with E-state index < -0.39 is 0 Å². The van der Waals surface area contributed by atoms with Gasteiger partial charge in [0.2, 0.25) is 6.08 Å². The Morgan fingerprint density at radius 3 is 2.59 bits per heavy atom. The van der Waals surface area contributed by atoms with Crippen LogP contribution in [0.5, 0.6) is 5.75 Å². The minimum Gasteiger partial charge on any atom is -0.497 e. The molecule has 0 amide bonds. The third kappa shape index (κ3) is 2.35. The Labute approximate surface area is 99.7 Å². The molecular formula is C14H13NO2. The summed E-state index contributed by atoms with van der Waals surface area (Å²) in [6, 6.07) is 11.7. The number of nitrogens with zero attached hydrogens (tertiary/aromatic N) is 1. The molecule has 0 bridgehead atoms. The van der Waals surface area contributed by atoms with Gasteiger partial charge in [-0.25, -0.2) is 4.79 Å². The first kappa shape index (κ1) is 11.4. The first-order valence-electron chi connectivity index (χ1n) is 5.39. The highest BCUT2D eigenvalue weighted by molar-refractivity contribution is 5.84. The number of isocyanates is 1. The summed E-state index contributed by atoms with van der Waals surface area (Å²) >= 11 is 0. The molecule has 0 radical (unpaired) electrons. The van der Waals surface area contributed by atoms with Gasteiger partial charge in [-0.1, -0.05) is 18.2 Å². The molecule has 0 aromatic heterocycles. The van der Waals surface area contributed by atoms with E-state index in [-0.39, 0.29) is 6.04 Å². The van der Waals surface area contributed by atoms with E-state index in [9.17, 15) is 4.79 Å². The quantitative estimate of drug-likeness (QED) is 0.596. The minimum atomic E-state index is -0.154. The molecule has 0 aliphatic heterocycles. The molecule has 0 aliphatic carbocycles. The zero-order valence-electron chi connectivity index (χ0n) is 9.81. The van der Waals surface area contributed by atoms with Crippen molar-refractivity contribution < 1.29 is 9.53 Å². The standard InChI is InChI=1S/C14H13NO2/c1-10(15-9-16)11-3-4-13-8-14(17-2)6-5-12(13)7-11/h3-8,10H,1-2H3. The van der Waals surface area contributed by atoms with E-state index in [2.05, 4.69) is 4.99 Å². The highest BCUT2D eigenvalue weighted by Gasteiger charge is 2.04. The molecule has 2 aromatic rings. The maximum Gasteiger partial charge on any atom is 0.235 e. The van der Waals surface area contributed by atoms with Crippen LogP contribution in [0.2, 0.25) is 0 Å². The summed E-state index contributed by atoms with van der Waals surface area (Å²) in [5.41, 5.74) is 1.01. The third-order valence-electron chi connectivity index (χ3n) is 2.80. The normalized spacial score (nSPS) is 11.9. The highest BCUT2D eigenvalue weighted by atomic mass is 16.5. The van der Waals surface area contributed by atoms with Crippen molar-refractivity contribution in [1.82, 2.24) is 0 Å². The summed E-state index contributed by atoms with van der Waals surface area (Å²) in [6.07, 6.45) is 1.59. The maximum absolute atomic E-state index is 10.2. The monoisotopic (exact) mass is 227 g/mol. The lowest BCUT2D eigenvalue weighted by Crippen LogP contribution is -1.89. The molecule has 0 heterocycles. The molecule has 86 valence electrons. The van der Waals surface area contributed by atoms with Crippen LogP contribution in [0.4, 0.5) is 0 Å². The predicted molar refractivity (Wildman–Crippen MR) is 67.0 cm³/mol. The van der Waals surface area contributed by atoms with Crippen LogP contribution in [0.3, 0.4) is 0 Å². The van der Waals surface area contributed by atoms with E-state index in [1.807, 2.05) is 43.3 Å². The van der Waals surface area contributed by atoms with Crippen molar-refractivity contribution in [1.29, 1.82) is 0 Å². The summed E-state index contributed by atoms with van der Waals surface area (Å²) in [5.74, 6) is 0.837. The van der Waals surface area contributed by atoms with Crippen LogP contribution < -0.4 is 4.74 Å². The van der Waals surface area contributed by atoms with Crippen LogP contribution in [0, 0.1) is 0 Å². The number of methoxy groups -OCH3 is 1. The molecule has 0 saturated heterocycles. The van der Waals surface area contributed by atoms with E-state index in [1.165, 1.54) is 0 Å². The molecular weight excluding hydrogens is 214 g/mol. The van der Waals surface area contributed by atoms with E-state index in [0.717, 1.165) is 22.1 Å². The summed E-state index contributed by atoms with van der Waals surface area (Å²) < 4.78 is 5.17. The summed E-state index contributed by atoms with van der Waals surface area (Å²) in [4.78, 5) is 13.9. The zero-order chi connectivity index (χ0) is 12.3. The minimum absolute atomic E-state index is 0.154. The summed E-state index contributed by atoms with van der Waals surface area (Å²) in [6.45, 7) is 1.87. The summed E-state index contributed by atoms with van der Waals surface area (Å²) in [7, 11) is 1.65. The number of benzene rings is 2. The largest absolute Gasteiger partial charge is 0.497 e. The fraction of sp³-hybridized carbons (Fsp3) is 0.214. The molecule has 2 rings (SSSR count). The van der Waals surface area contributed by atoms with E-state index >= 15 is 0 Å². The Kier molecular flexibility index (Phi) is 3.22. The molecule has 2 aromatic carbocycles. The predicted octanol–water partition coefficient (Wildman–Crippen LogP) is 3.25. The topological polar surface area (TPSA) is 38.7 Å². The van der Waals surface area contributed by atoms with Crippen molar-refractivity contribution >= 4 is 16.9 Å². The molecule has 17 heavy (non-hydrogen) atoms. The average Bonchev–Trinajstić information content (AvgIpc) is 2.37. The second-order valence-electron chi connectivity index (χ2n) is 3.87. The first-order chi connectivity index (χ1) is 8.24. The van der Waals surface area contributed by atoms with Crippen molar-refractivity contribution in [2.45, 2.75) is 13.0 Å². The highest BCUT2D eigenvalue weighted by Crippen LogP contribution is 2.25. The molecule has 0 aliphatic rings. The fourth-order valence-electron chi connectivity index (χ4n) is 1.78. The van der Waals surface area contributed by atoms with Crippen LogP contribution in [0.15, 0.2) is 41.4 Å². The van der Waals surface area contributed by atoms with Gasteiger partial charge in [-0.15, -0.1) is 0 Å². The lowest BCUT2D eigenvalue weighted by Gasteiger charge is -2.07. The fourth-order valence-corrected chi connectivity index (χ4v) is 1.78. The maximum atomic E-state index is 10.2. The van der Waals surface area contributed by atoms with Gasteiger partial charge in [-0.05, 0) is 41.5 Å². The van der Waals surface area contributed by atoms with E-state index in [1.54, 1.807) is 13.2 Å². The van der Waals surface area contributed by atoms with E-state index in [0.29, 0.717) is 0 Å². The molecule has 1 unspecified atom stereocenters. The first-order valence-corrected chi connectivity index (χ1v) is 5.39. The Balaban J connectivity index is 2.48. The van der Waals surface area contributed by atoms with Crippen molar-refractivity contribution in [2.75, 3.05) is 7.11 Å². The van der Waals surface area contributed by atoms with Gasteiger partial charge in [0, 0.05) is 0 Å². The second kappa shape index (κ2) is 4.81. The number of ether oxygens (including phenoxy) is 1. The van der Waals surface area contributed by atoms with Crippen LogP contribution in [-0.2, 0) is 4.79 Å². The Morgan fingerprint density at radius 1 is 1.18 bits per heavy atom. The molecule has 3 heteroatoms. The van der Waals surface area contributed by atoms with Crippen LogP contribution in [-0.4, -0.2) is 13.2 Å². The van der Waals surface area contributed by atoms with Crippen molar-refractivity contribution in [2.24, 2.45) is 4.99 Å². The number of rotatable bonds is 3. The Hall–Kier alpha value is -2.12.